The average molecular weight is 410 g/mol. The number of anilines is 1. The fourth-order valence-corrected chi connectivity index (χ4v) is 5.42. The number of cyclic esters (lactones) is 1. The van der Waals surface area contributed by atoms with Crippen LogP contribution in [0.4, 0.5) is 5.82 Å². The number of esters is 1. The van der Waals surface area contributed by atoms with Crippen LogP contribution in [0.5, 0.6) is 0 Å². The Morgan fingerprint density at radius 1 is 1.17 bits per heavy atom. The minimum Gasteiger partial charge on any atom is -0.461 e. The van der Waals surface area contributed by atoms with Crippen molar-refractivity contribution in [1.29, 1.82) is 0 Å². The number of nitrogens with zero attached hydrogens (tertiary/aromatic N) is 3. The predicted octanol–water partition coefficient (Wildman–Crippen LogP) is 2.90. The van der Waals surface area contributed by atoms with Crippen LogP contribution in [0.2, 0.25) is 0 Å². The number of pyridine rings is 1. The van der Waals surface area contributed by atoms with Crippen LogP contribution in [0.1, 0.15) is 37.7 Å². The van der Waals surface area contributed by atoms with E-state index in [-0.39, 0.29) is 23.6 Å². The summed E-state index contributed by atoms with van der Waals surface area (Å²) in [5.74, 6) is 1.03. The van der Waals surface area contributed by atoms with E-state index in [2.05, 4.69) is 34.9 Å². The van der Waals surface area contributed by atoms with E-state index >= 15 is 0 Å². The Bertz CT molecular complexity index is 930. The monoisotopic (exact) mass is 409 g/mol. The number of piperidine rings is 2. The molecule has 0 radical (unpaired) electrons. The summed E-state index contributed by atoms with van der Waals surface area (Å²) in [7, 11) is 0. The summed E-state index contributed by atoms with van der Waals surface area (Å²) in [6, 6.07) is 10.4. The number of carbonyl (C=O) groups is 1. The number of likely N-dealkylation sites (tertiary alicyclic amines) is 1. The first-order chi connectivity index (χ1) is 14.5. The number of fused-ring (bicyclic) bond motifs is 1. The third kappa shape index (κ3) is 3.67. The predicted molar refractivity (Wildman–Crippen MR) is 117 cm³/mol. The Balaban J connectivity index is 1.24. The van der Waals surface area contributed by atoms with Gasteiger partial charge in [-0.2, -0.15) is 0 Å². The highest BCUT2D eigenvalue weighted by Crippen LogP contribution is 2.44. The molecule has 1 atom stereocenters. The quantitative estimate of drug-likeness (QED) is 0.787. The first-order valence-electron chi connectivity index (χ1n) is 11.3. The van der Waals surface area contributed by atoms with Gasteiger partial charge in [-0.15, -0.1) is 0 Å². The number of hydrogen-bond donors (Lipinski definition) is 1. The molecule has 3 fully saturated rings. The lowest BCUT2D eigenvalue weighted by molar-refractivity contribution is -0.150. The highest BCUT2D eigenvalue weighted by atomic mass is 16.6. The molecule has 3 aliphatic heterocycles. The van der Waals surface area contributed by atoms with Crippen LogP contribution in [-0.2, 0) is 9.53 Å². The van der Waals surface area contributed by atoms with E-state index < -0.39 is 0 Å². The lowest BCUT2D eigenvalue weighted by atomic mass is 9.76. The largest absolute Gasteiger partial charge is 0.461 e. The molecule has 2 aromatic rings. The Kier molecular flexibility index (Phi) is 5.15. The molecule has 5 rings (SSSR count). The van der Waals surface area contributed by atoms with Gasteiger partial charge in [0.05, 0.1) is 17.0 Å². The van der Waals surface area contributed by atoms with Gasteiger partial charge in [0, 0.05) is 44.5 Å². The fourth-order valence-electron chi connectivity index (χ4n) is 5.42. The molecule has 3 aliphatic rings. The topological polar surface area (TPSA) is 65.9 Å². The van der Waals surface area contributed by atoms with Crippen LogP contribution in [0.15, 0.2) is 30.3 Å². The molecule has 0 aliphatic carbocycles. The standard InChI is InChI=1S/C24H31N3O3/c1-17-14-18-4-2-3-5-21(18)25-22(17)27-12-8-24(9-13-27)15-20(30-23(24)29)16-26-10-6-19(28)7-11-26/h2-5,14,19-20,28H,6-13,15-16H2,1H3. The first kappa shape index (κ1) is 19.8. The molecule has 3 saturated heterocycles. The Hall–Kier alpha value is -2.18. The lowest BCUT2D eigenvalue weighted by Gasteiger charge is -2.38. The molecule has 6 nitrogen and oxygen atoms in total. The molecule has 1 N–H and O–H groups in total. The highest BCUT2D eigenvalue weighted by Gasteiger charge is 2.50. The molecule has 1 unspecified atom stereocenters. The van der Waals surface area contributed by atoms with Gasteiger partial charge >= 0.3 is 5.97 Å². The van der Waals surface area contributed by atoms with E-state index in [1.54, 1.807) is 0 Å². The van der Waals surface area contributed by atoms with Crippen LogP contribution in [-0.4, -0.2) is 65.9 Å². The number of benzene rings is 1. The number of hydrogen-bond acceptors (Lipinski definition) is 6. The normalized spacial score (nSPS) is 25.2. The number of rotatable bonds is 3. The van der Waals surface area contributed by atoms with Gasteiger partial charge in [-0.1, -0.05) is 18.2 Å². The second-order valence-corrected chi connectivity index (χ2v) is 9.35. The molecule has 1 spiro atoms. The molecule has 30 heavy (non-hydrogen) atoms. The second-order valence-electron chi connectivity index (χ2n) is 9.35. The third-order valence-electron chi connectivity index (χ3n) is 7.25. The molecule has 0 amide bonds. The molecule has 6 heteroatoms. The van der Waals surface area contributed by atoms with E-state index in [1.165, 1.54) is 10.9 Å². The minimum atomic E-state index is -0.332. The summed E-state index contributed by atoms with van der Waals surface area (Å²) in [6.45, 7) is 6.38. The molecule has 160 valence electrons. The van der Waals surface area contributed by atoms with Crippen LogP contribution >= 0.6 is 0 Å². The van der Waals surface area contributed by atoms with Crippen molar-refractivity contribution in [2.45, 2.75) is 51.2 Å². The van der Waals surface area contributed by atoms with Gasteiger partial charge in [0.1, 0.15) is 11.9 Å². The number of aromatic nitrogens is 1. The molecule has 0 bridgehead atoms. The zero-order chi connectivity index (χ0) is 20.7. The molecule has 0 saturated carbocycles. The van der Waals surface area contributed by atoms with Crippen molar-refractivity contribution in [3.63, 3.8) is 0 Å². The van der Waals surface area contributed by atoms with Crippen molar-refractivity contribution in [1.82, 2.24) is 9.88 Å². The summed E-state index contributed by atoms with van der Waals surface area (Å²) >= 11 is 0. The van der Waals surface area contributed by atoms with Crippen molar-refractivity contribution in [3.8, 4) is 0 Å². The van der Waals surface area contributed by atoms with Gasteiger partial charge in [-0.25, -0.2) is 4.98 Å². The number of aliphatic hydroxyl groups is 1. The summed E-state index contributed by atoms with van der Waals surface area (Å²) in [5.41, 5.74) is 1.87. The highest BCUT2D eigenvalue weighted by molar-refractivity contribution is 5.82. The zero-order valence-electron chi connectivity index (χ0n) is 17.7. The van der Waals surface area contributed by atoms with Crippen LogP contribution in [0, 0.1) is 12.3 Å². The number of aliphatic hydroxyl groups excluding tert-OH is 1. The van der Waals surface area contributed by atoms with Crippen LogP contribution in [0.25, 0.3) is 10.9 Å². The lowest BCUT2D eigenvalue weighted by Crippen LogP contribution is -2.43. The molecular weight excluding hydrogens is 378 g/mol. The average Bonchev–Trinajstić information content (AvgIpc) is 3.04. The molecule has 4 heterocycles. The van der Waals surface area contributed by atoms with E-state index in [0.29, 0.717) is 0 Å². The van der Waals surface area contributed by atoms with E-state index in [0.717, 1.165) is 76.2 Å². The van der Waals surface area contributed by atoms with Gasteiger partial charge in [0.25, 0.3) is 0 Å². The Morgan fingerprint density at radius 3 is 2.67 bits per heavy atom. The van der Waals surface area contributed by atoms with Crippen molar-refractivity contribution in [3.05, 3.63) is 35.9 Å². The van der Waals surface area contributed by atoms with Gasteiger partial charge in [0.15, 0.2) is 0 Å². The Morgan fingerprint density at radius 2 is 1.90 bits per heavy atom. The maximum atomic E-state index is 12.8. The fraction of sp³-hybridized carbons (Fsp3) is 0.583. The SMILES string of the molecule is Cc1cc2ccccc2nc1N1CCC2(CC1)CC(CN1CCC(O)CC1)OC2=O. The smallest absolute Gasteiger partial charge is 0.312 e. The number of carbonyl (C=O) groups excluding carboxylic acids is 1. The first-order valence-corrected chi connectivity index (χ1v) is 11.3. The van der Waals surface area contributed by atoms with E-state index in [9.17, 15) is 9.90 Å². The van der Waals surface area contributed by atoms with E-state index in [1.807, 2.05) is 12.1 Å². The van der Waals surface area contributed by atoms with Crippen molar-refractivity contribution >= 4 is 22.7 Å². The van der Waals surface area contributed by atoms with Crippen LogP contribution < -0.4 is 4.90 Å². The van der Waals surface area contributed by atoms with Crippen molar-refractivity contribution in [2.24, 2.45) is 5.41 Å². The number of para-hydroxylation sites is 1. The molecular formula is C24H31N3O3. The summed E-state index contributed by atoms with van der Waals surface area (Å²) in [4.78, 5) is 22.4. The molecule has 1 aromatic heterocycles. The zero-order valence-corrected chi connectivity index (χ0v) is 17.7. The summed E-state index contributed by atoms with van der Waals surface area (Å²) < 4.78 is 5.83. The van der Waals surface area contributed by atoms with Gasteiger partial charge < -0.3 is 14.7 Å². The number of ether oxygens (including phenoxy) is 1. The minimum absolute atomic E-state index is 0.00705. The maximum absolute atomic E-state index is 12.8. The van der Waals surface area contributed by atoms with Gasteiger partial charge in [-0.05, 0) is 50.3 Å². The van der Waals surface area contributed by atoms with Crippen LogP contribution in [0.3, 0.4) is 0 Å². The van der Waals surface area contributed by atoms with Gasteiger partial charge in [-0.3, -0.25) is 9.69 Å². The summed E-state index contributed by atoms with van der Waals surface area (Å²) in [5, 5.41) is 10.9. The van der Waals surface area contributed by atoms with Crippen molar-refractivity contribution in [2.75, 3.05) is 37.6 Å². The maximum Gasteiger partial charge on any atom is 0.312 e. The van der Waals surface area contributed by atoms with Gasteiger partial charge in [0.2, 0.25) is 0 Å². The number of aryl methyl sites for hydroxylation is 1. The third-order valence-corrected chi connectivity index (χ3v) is 7.25. The second kappa shape index (κ2) is 7.82. The Labute approximate surface area is 177 Å². The molecule has 1 aromatic carbocycles. The summed E-state index contributed by atoms with van der Waals surface area (Å²) in [6.07, 6.45) is 3.93. The van der Waals surface area contributed by atoms with E-state index in [4.69, 9.17) is 9.72 Å². The van der Waals surface area contributed by atoms with Crippen molar-refractivity contribution < 1.29 is 14.6 Å².